The van der Waals surface area contributed by atoms with Crippen molar-refractivity contribution in [1.82, 2.24) is 20.0 Å². The molecule has 36 heavy (non-hydrogen) atoms. The molecule has 0 saturated carbocycles. The van der Waals surface area contributed by atoms with Crippen molar-refractivity contribution in [3.05, 3.63) is 72.0 Å². The molecule has 0 N–H and O–H groups in total. The molecule has 4 rings (SSSR count). The van der Waals surface area contributed by atoms with Crippen LogP contribution in [0.5, 0.6) is 5.75 Å². The highest BCUT2D eigenvalue weighted by Gasteiger charge is 2.25. The van der Waals surface area contributed by atoms with Gasteiger partial charge in [-0.2, -0.15) is 0 Å². The van der Waals surface area contributed by atoms with Crippen molar-refractivity contribution < 1.29 is 18.7 Å². The zero-order valence-corrected chi connectivity index (χ0v) is 20.6. The third-order valence-corrected chi connectivity index (χ3v) is 6.19. The molecule has 0 spiro atoms. The van der Waals surface area contributed by atoms with Crippen LogP contribution >= 0.6 is 0 Å². The van der Waals surface area contributed by atoms with Gasteiger partial charge in [0.25, 0.3) is 5.91 Å². The molecule has 1 aliphatic heterocycles. The van der Waals surface area contributed by atoms with Gasteiger partial charge in [0.15, 0.2) is 5.82 Å². The third-order valence-electron chi connectivity index (χ3n) is 6.19. The Labute approximate surface area is 210 Å². The van der Waals surface area contributed by atoms with Gasteiger partial charge >= 0.3 is 0 Å². The van der Waals surface area contributed by atoms with Gasteiger partial charge in [0, 0.05) is 43.9 Å². The first-order valence-electron chi connectivity index (χ1n) is 12.0. The molecule has 0 radical (unpaired) electrons. The van der Waals surface area contributed by atoms with Crippen LogP contribution in [0.4, 0.5) is 10.2 Å². The molecule has 0 aliphatic carbocycles. The highest BCUT2D eigenvalue weighted by molar-refractivity contribution is 5.96. The summed E-state index contributed by atoms with van der Waals surface area (Å²) in [4.78, 5) is 31.5. The summed E-state index contributed by atoms with van der Waals surface area (Å²) in [6.07, 6.45) is 0.759. The molecule has 188 valence electrons. The van der Waals surface area contributed by atoms with Crippen LogP contribution in [-0.4, -0.2) is 78.2 Å². The van der Waals surface area contributed by atoms with Gasteiger partial charge in [0.05, 0.1) is 12.8 Å². The van der Waals surface area contributed by atoms with Gasteiger partial charge in [-0.15, -0.1) is 10.2 Å². The summed E-state index contributed by atoms with van der Waals surface area (Å²) >= 11 is 0. The van der Waals surface area contributed by atoms with Gasteiger partial charge < -0.3 is 19.4 Å². The smallest absolute Gasteiger partial charge is 0.254 e. The maximum Gasteiger partial charge on any atom is 0.254 e. The van der Waals surface area contributed by atoms with Crippen molar-refractivity contribution >= 4 is 17.6 Å². The topological polar surface area (TPSA) is 78.9 Å². The minimum absolute atomic E-state index is 0.0465. The van der Waals surface area contributed by atoms with E-state index in [2.05, 4.69) is 15.1 Å². The number of halogens is 1. The van der Waals surface area contributed by atoms with Crippen molar-refractivity contribution in [3.8, 4) is 17.0 Å². The van der Waals surface area contributed by atoms with E-state index in [-0.39, 0.29) is 24.2 Å². The number of hydrogen-bond donors (Lipinski definition) is 0. The van der Waals surface area contributed by atoms with Gasteiger partial charge in [-0.3, -0.25) is 9.59 Å². The lowest BCUT2D eigenvalue weighted by Gasteiger charge is -2.36. The summed E-state index contributed by atoms with van der Waals surface area (Å²) in [6, 6.07) is 16.8. The zero-order chi connectivity index (χ0) is 25.5. The molecule has 0 bridgehead atoms. The molecular weight excluding hydrogens is 461 g/mol. The predicted octanol–water partition coefficient (Wildman–Crippen LogP) is 3.49. The van der Waals surface area contributed by atoms with Crippen molar-refractivity contribution in [2.45, 2.75) is 13.3 Å². The fraction of sp³-hybridized carbons (Fsp3) is 0.333. The molecule has 1 fully saturated rings. The number of carbonyl (C=O) groups excluding carboxylic acids is 2. The molecule has 2 heterocycles. The average Bonchev–Trinajstić information content (AvgIpc) is 2.93. The second kappa shape index (κ2) is 11.6. The van der Waals surface area contributed by atoms with Crippen molar-refractivity contribution in [3.63, 3.8) is 0 Å². The van der Waals surface area contributed by atoms with Gasteiger partial charge in [-0.05, 0) is 67.1 Å². The molecule has 3 aromatic rings. The Bertz CT molecular complexity index is 1160. The first-order chi connectivity index (χ1) is 17.5. The first-order valence-corrected chi connectivity index (χ1v) is 12.0. The second-order valence-corrected chi connectivity index (χ2v) is 8.61. The summed E-state index contributed by atoms with van der Waals surface area (Å²) in [5, 5.41) is 8.61. The molecule has 2 amide bonds. The number of anilines is 1. The van der Waals surface area contributed by atoms with E-state index in [0.29, 0.717) is 49.7 Å². The first kappa shape index (κ1) is 25.1. The van der Waals surface area contributed by atoms with Crippen LogP contribution in [0.3, 0.4) is 0 Å². The molecule has 1 aromatic heterocycles. The number of amides is 2. The molecule has 8 nitrogen and oxygen atoms in total. The van der Waals surface area contributed by atoms with E-state index in [1.165, 1.54) is 12.1 Å². The maximum absolute atomic E-state index is 13.2. The van der Waals surface area contributed by atoms with E-state index in [1.807, 2.05) is 19.1 Å². The minimum atomic E-state index is -0.293. The number of rotatable bonds is 8. The van der Waals surface area contributed by atoms with Crippen molar-refractivity contribution in [2.75, 3.05) is 51.3 Å². The molecular formula is C27H30FN5O3. The molecule has 2 aromatic carbocycles. The van der Waals surface area contributed by atoms with Crippen LogP contribution in [0.25, 0.3) is 11.3 Å². The number of nitrogens with zero attached hydrogens (tertiary/aromatic N) is 5. The quantitative estimate of drug-likeness (QED) is 0.480. The number of aromatic nitrogens is 2. The summed E-state index contributed by atoms with van der Waals surface area (Å²) < 4.78 is 18.3. The largest absolute Gasteiger partial charge is 0.497 e. The molecule has 9 heteroatoms. The van der Waals surface area contributed by atoms with E-state index in [4.69, 9.17) is 4.74 Å². The number of piperazine rings is 1. The molecule has 1 aliphatic rings. The standard InChI is InChI=1S/C27H30FN5O3/c1-3-14-33(27(35)21-6-10-23(36-2)11-7-21)19-26(34)32-17-15-31(16-18-32)25-13-12-24(29-30-25)20-4-8-22(28)9-5-20/h4-13H,3,14-19H2,1-2H3. The van der Waals surface area contributed by atoms with E-state index in [1.54, 1.807) is 53.3 Å². The minimum Gasteiger partial charge on any atom is -0.497 e. The number of carbonyl (C=O) groups is 2. The number of methoxy groups -OCH3 is 1. The fourth-order valence-electron chi connectivity index (χ4n) is 4.16. The summed E-state index contributed by atoms with van der Waals surface area (Å²) in [5.41, 5.74) is 2.00. The van der Waals surface area contributed by atoms with Crippen LogP contribution in [-0.2, 0) is 4.79 Å². The Kier molecular flexibility index (Phi) is 8.10. The predicted molar refractivity (Wildman–Crippen MR) is 135 cm³/mol. The van der Waals surface area contributed by atoms with Gasteiger partial charge in [0.2, 0.25) is 5.91 Å². The number of ether oxygens (including phenoxy) is 1. The average molecular weight is 492 g/mol. The Hall–Kier alpha value is -4.01. The van der Waals surface area contributed by atoms with Crippen LogP contribution in [0.2, 0.25) is 0 Å². The van der Waals surface area contributed by atoms with Crippen LogP contribution in [0.1, 0.15) is 23.7 Å². The molecule has 1 saturated heterocycles. The lowest BCUT2D eigenvalue weighted by molar-refractivity contribution is -0.132. The Morgan fingerprint density at radius 3 is 2.22 bits per heavy atom. The van der Waals surface area contributed by atoms with Crippen molar-refractivity contribution in [1.29, 1.82) is 0 Å². The zero-order valence-electron chi connectivity index (χ0n) is 20.6. The van der Waals surface area contributed by atoms with Crippen LogP contribution < -0.4 is 9.64 Å². The lowest BCUT2D eigenvalue weighted by atomic mass is 10.1. The monoisotopic (exact) mass is 491 g/mol. The fourth-order valence-corrected chi connectivity index (χ4v) is 4.16. The maximum atomic E-state index is 13.2. The SMILES string of the molecule is CCCN(CC(=O)N1CCN(c2ccc(-c3ccc(F)cc3)nn2)CC1)C(=O)c1ccc(OC)cc1. The van der Waals surface area contributed by atoms with Crippen LogP contribution in [0.15, 0.2) is 60.7 Å². The summed E-state index contributed by atoms with van der Waals surface area (Å²) in [6.45, 7) is 4.86. The van der Waals surface area contributed by atoms with E-state index in [9.17, 15) is 14.0 Å². The number of benzene rings is 2. The van der Waals surface area contributed by atoms with Gasteiger partial charge in [0.1, 0.15) is 18.1 Å². The highest BCUT2D eigenvalue weighted by Crippen LogP contribution is 2.20. The van der Waals surface area contributed by atoms with E-state index < -0.39 is 0 Å². The Morgan fingerprint density at radius 1 is 0.944 bits per heavy atom. The van der Waals surface area contributed by atoms with Crippen molar-refractivity contribution in [2.24, 2.45) is 0 Å². The summed E-state index contributed by atoms with van der Waals surface area (Å²) in [5.74, 6) is 0.886. The van der Waals surface area contributed by atoms with Crippen LogP contribution in [0, 0.1) is 5.82 Å². The third kappa shape index (κ3) is 5.97. The lowest BCUT2D eigenvalue weighted by Crippen LogP contribution is -2.52. The second-order valence-electron chi connectivity index (χ2n) is 8.61. The van der Waals surface area contributed by atoms with Gasteiger partial charge in [-0.25, -0.2) is 4.39 Å². The van der Waals surface area contributed by atoms with Gasteiger partial charge in [-0.1, -0.05) is 6.92 Å². The molecule has 0 atom stereocenters. The molecule has 0 unspecified atom stereocenters. The van der Waals surface area contributed by atoms with E-state index in [0.717, 1.165) is 17.8 Å². The number of hydrogen-bond acceptors (Lipinski definition) is 6. The Balaban J connectivity index is 1.33. The normalized spacial score (nSPS) is 13.4. The Morgan fingerprint density at radius 2 is 1.64 bits per heavy atom. The van der Waals surface area contributed by atoms with E-state index >= 15 is 0 Å². The summed E-state index contributed by atoms with van der Waals surface area (Å²) in [7, 11) is 1.58. The highest BCUT2D eigenvalue weighted by atomic mass is 19.1.